The molecule has 2 N–H and O–H groups in total. The van der Waals surface area contributed by atoms with Crippen LogP contribution in [-0.2, 0) is 10.0 Å². The third kappa shape index (κ3) is 5.44. The van der Waals surface area contributed by atoms with E-state index in [-0.39, 0.29) is 16.1 Å². The van der Waals surface area contributed by atoms with Gasteiger partial charge in [-0.3, -0.25) is 4.72 Å². The van der Waals surface area contributed by atoms with E-state index in [0.717, 1.165) is 38.8 Å². The van der Waals surface area contributed by atoms with E-state index in [9.17, 15) is 18.3 Å². The van der Waals surface area contributed by atoms with Crippen molar-refractivity contribution in [1.82, 2.24) is 0 Å². The van der Waals surface area contributed by atoms with Crippen LogP contribution in [-0.4, -0.2) is 39.2 Å². The molecule has 2 aromatic carbocycles. The molecule has 0 spiro atoms. The number of anilines is 2. The Morgan fingerprint density at radius 3 is 2.27 bits per heavy atom. The number of aromatic carboxylic acids is 1. The second-order valence-electron chi connectivity index (χ2n) is 7.30. The van der Waals surface area contributed by atoms with Gasteiger partial charge in [0.15, 0.2) is 0 Å². The summed E-state index contributed by atoms with van der Waals surface area (Å²) in [5, 5.41) is 9.73. The zero-order chi connectivity index (χ0) is 21.6. The molecule has 3 rings (SSSR count). The first-order valence-electron chi connectivity index (χ1n) is 10.3. The Morgan fingerprint density at radius 1 is 1.03 bits per heavy atom. The topological polar surface area (TPSA) is 95.9 Å². The molecule has 0 atom stereocenters. The van der Waals surface area contributed by atoms with Crippen molar-refractivity contribution in [3.8, 4) is 5.75 Å². The van der Waals surface area contributed by atoms with Crippen LogP contribution in [0.25, 0.3) is 0 Å². The molecule has 30 heavy (non-hydrogen) atoms. The summed E-state index contributed by atoms with van der Waals surface area (Å²) < 4.78 is 33.2. The monoisotopic (exact) mass is 432 g/mol. The minimum Gasteiger partial charge on any atom is -0.494 e. The average Bonchev–Trinajstić information content (AvgIpc) is 2.68. The quantitative estimate of drug-likeness (QED) is 0.675. The SMILES string of the molecule is CCOc1ccc(S(=O)(=O)Nc2ccc(N3CCCCCCC3)c(C(=O)O)c2)cc1. The predicted molar refractivity (Wildman–Crippen MR) is 117 cm³/mol. The molecular formula is C22H28N2O5S. The fraction of sp³-hybridized carbons (Fsp3) is 0.409. The Hall–Kier alpha value is -2.74. The molecule has 0 bridgehead atoms. The van der Waals surface area contributed by atoms with E-state index in [1.165, 1.54) is 24.6 Å². The standard InChI is InChI=1S/C22H28N2O5S/c1-2-29-18-9-11-19(12-10-18)30(27,28)23-17-8-13-21(20(16-17)22(25)26)24-14-6-4-3-5-7-15-24/h8-13,16,23H,2-7,14-15H2,1H3,(H,25,26). The molecule has 1 aliphatic heterocycles. The van der Waals surface area contributed by atoms with Crippen molar-refractivity contribution in [1.29, 1.82) is 0 Å². The number of nitrogens with one attached hydrogen (secondary N) is 1. The first-order chi connectivity index (χ1) is 14.4. The van der Waals surface area contributed by atoms with Gasteiger partial charge in [-0.15, -0.1) is 0 Å². The Labute approximate surface area is 177 Å². The molecular weight excluding hydrogens is 404 g/mol. The molecule has 1 heterocycles. The van der Waals surface area contributed by atoms with Gasteiger partial charge in [0.2, 0.25) is 0 Å². The molecule has 0 saturated carbocycles. The van der Waals surface area contributed by atoms with Crippen molar-refractivity contribution < 1.29 is 23.1 Å². The molecule has 0 amide bonds. The lowest BCUT2D eigenvalue weighted by Gasteiger charge is -2.28. The number of hydrogen-bond acceptors (Lipinski definition) is 5. The number of ether oxygens (including phenoxy) is 1. The lowest BCUT2D eigenvalue weighted by Crippen LogP contribution is -2.28. The highest BCUT2D eigenvalue weighted by molar-refractivity contribution is 7.92. The minimum absolute atomic E-state index is 0.0793. The van der Waals surface area contributed by atoms with Gasteiger partial charge in [0.1, 0.15) is 5.75 Å². The molecule has 1 aliphatic rings. The first-order valence-corrected chi connectivity index (χ1v) is 11.8. The molecule has 0 aromatic heterocycles. The van der Waals surface area contributed by atoms with Gasteiger partial charge in [0.25, 0.3) is 10.0 Å². The van der Waals surface area contributed by atoms with E-state index in [1.54, 1.807) is 24.3 Å². The van der Waals surface area contributed by atoms with Gasteiger partial charge in [-0.05, 0) is 62.2 Å². The number of carboxylic acid groups (broad SMARTS) is 1. The van der Waals surface area contributed by atoms with Crippen molar-refractivity contribution in [3.63, 3.8) is 0 Å². The number of hydrogen-bond donors (Lipinski definition) is 2. The van der Waals surface area contributed by atoms with E-state index in [1.807, 2.05) is 6.92 Å². The van der Waals surface area contributed by atoms with Crippen LogP contribution >= 0.6 is 0 Å². The van der Waals surface area contributed by atoms with Gasteiger partial charge >= 0.3 is 5.97 Å². The Morgan fingerprint density at radius 2 is 1.67 bits per heavy atom. The molecule has 7 nitrogen and oxygen atoms in total. The summed E-state index contributed by atoms with van der Waals surface area (Å²) >= 11 is 0. The summed E-state index contributed by atoms with van der Waals surface area (Å²) in [4.78, 5) is 14.1. The van der Waals surface area contributed by atoms with Crippen LogP contribution in [0.2, 0.25) is 0 Å². The summed E-state index contributed by atoms with van der Waals surface area (Å²) in [6.07, 6.45) is 5.53. The van der Waals surface area contributed by atoms with Crippen LogP contribution in [0.4, 0.5) is 11.4 Å². The molecule has 0 radical (unpaired) electrons. The van der Waals surface area contributed by atoms with E-state index < -0.39 is 16.0 Å². The van der Waals surface area contributed by atoms with Gasteiger partial charge in [-0.1, -0.05) is 19.3 Å². The Kier molecular flexibility index (Phi) is 7.20. The maximum Gasteiger partial charge on any atom is 0.337 e. The second kappa shape index (κ2) is 9.84. The third-order valence-corrected chi connectivity index (χ3v) is 6.52. The number of rotatable bonds is 7. The number of benzene rings is 2. The summed E-state index contributed by atoms with van der Waals surface area (Å²) in [6, 6.07) is 10.8. The highest BCUT2D eigenvalue weighted by Gasteiger charge is 2.20. The summed E-state index contributed by atoms with van der Waals surface area (Å²) in [5.74, 6) is -0.489. The zero-order valence-electron chi connectivity index (χ0n) is 17.1. The molecule has 8 heteroatoms. The van der Waals surface area contributed by atoms with Crippen molar-refractivity contribution >= 4 is 27.4 Å². The molecule has 0 aliphatic carbocycles. The van der Waals surface area contributed by atoms with E-state index in [0.29, 0.717) is 18.0 Å². The largest absolute Gasteiger partial charge is 0.494 e. The number of carbonyl (C=O) groups is 1. The van der Waals surface area contributed by atoms with Gasteiger partial charge in [-0.25, -0.2) is 13.2 Å². The number of sulfonamides is 1. The zero-order valence-corrected chi connectivity index (χ0v) is 18.0. The van der Waals surface area contributed by atoms with Gasteiger partial charge < -0.3 is 14.7 Å². The summed E-state index contributed by atoms with van der Waals surface area (Å²) in [5.41, 5.74) is 0.952. The third-order valence-electron chi connectivity index (χ3n) is 5.12. The van der Waals surface area contributed by atoms with Gasteiger partial charge in [0.05, 0.1) is 22.8 Å². The van der Waals surface area contributed by atoms with E-state index >= 15 is 0 Å². The lowest BCUT2D eigenvalue weighted by molar-refractivity contribution is 0.0697. The number of nitrogens with zero attached hydrogens (tertiary/aromatic N) is 1. The number of carboxylic acids is 1. The van der Waals surface area contributed by atoms with Crippen LogP contribution in [0.3, 0.4) is 0 Å². The maximum atomic E-state index is 12.7. The Balaban J connectivity index is 1.83. The smallest absolute Gasteiger partial charge is 0.337 e. The molecule has 2 aromatic rings. The predicted octanol–water partition coefficient (Wildman–Crippen LogP) is 4.35. The van der Waals surface area contributed by atoms with Gasteiger partial charge in [-0.2, -0.15) is 0 Å². The van der Waals surface area contributed by atoms with Crippen molar-refractivity contribution in [3.05, 3.63) is 48.0 Å². The summed E-state index contributed by atoms with van der Waals surface area (Å²) in [6.45, 7) is 3.95. The minimum atomic E-state index is -3.85. The van der Waals surface area contributed by atoms with Gasteiger partial charge in [0, 0.05) is 18.8 Å². The fourth-order valence-corrected chi connectivity index (χ4v) is 4.68. The van der Waals surface area contributed by atoms with Crippen LogP contribution in [0.1, 0.15) is 49.4 Å². The Bertz CT molecular complexity index is 966. The summed E-state index contributed by atoms with van der Waals surface area (Å²) in [7, 11) is -3.85. The molecule has 1 fully saturated rings. The highest BCUT2D eigenvalue weighted by Crippen LogP contribution is 2.28. The molecule has 1 saturated heterocycles. The molecule has 0 unspecified atom stereocenters. The van der Waals surface area contributed by atoms with Crippen LogP contribution in [0.5, 0.6) is 5.75 Å². The molecule has 162 valence electrons. The van der Waals surface area contributed by atoms with Crippen molar-refractivity contribution in [2.24, 2.45) is 0 Å². The first kappa shape index (κ1) is 22.0. The van der Waals surface area contributed by atoms with Crippen LogP contribution in [0, 0.1) is 0 Å². The highest BCUT2D eigenvalue weighted by atomic mass is 32.2. The van der Waals surface area contributed by atoms with Crippen LogP contribution < -0.4 is 14.4 Å². The second-order valence-corrected chi connectivity index (χ2v) is 8.98. The maximum absolute atomic E-state index is 12.7. The van der Waals surface area contributed by atoms with E-state index in [4.69, 9.17) is 4.74 Å². The van der Waals surface area contributed by atoms with Crippen molar-refractivity contribution in [2.75, 3.05) is 29.3 Å². The fourth-order valence-electron chi connectivity index (χ4n) is 3.63. The normalized spacial score (nSPS) is 15.2. The lowest BCUT2D eigenvalue weighted by atomic mass is 10.1. The van der Waals surface area contributed by atoms with E-state index in [2.05, 4.69) is 9.62 Å². The average molecular weight is 433 g/mol. The van der Waals surface area contributed by atoms with Crippen LogP contribution in [0.15, 0.2) is 47.4 Å². The van der Waals surface area contributed by atoms with Crippen molar-refractivity contribution in [2.45, 2.75) is 43.9 Å².